The zero-order valence-corrected chi connectivity index (χ0v) is 14.6. The van der Waals surface area contributed by atoms with Crippen molar-refractivity contribution in [1.82, 2.24) is 14.9 Å². The van der Waals surface area contributed by atoms with Crippen molar-refractivity contribution >= 4 is 17.5 Å². The largest absolute Gasteiger partial charge is 0.486 e. The minimum absolute atomic E-state index is 0.275. The Bertz CT molecular complexity index is 788. The SMILES string of the molecule is CN1CCN(c2ncc(NC(=O)c3cccc4c3OCCO4)cn2)CC1. The number of fused-ring (bicyclic) bond motifs is 1. The zero-order valence-electron chi connectivity index (χ0n) is 14.6. The molecular weight excluding hydrogens is 334 g/mol. The Morgan fingerprint density at radius 1 is 1.08 bits per heavy atom. The summed E-state index contributed by atoms with van der Waals surface area (Å²) in [4.78, 5) is 25.8. The number of carbonyl (C=O) groups is 1. The summed E-state index contributed by atoms with van der Waals surface area (Å²) in [5.74, 6) is 1.48. The fraction of sp³-hybridized carbons (Fsp3) is 0.389. The number of aromatic nitrogens is 2. The maximum atomic E-state index is 12.6. The van der Waals surface area contributed by atoms with Crippen LogP contribution in [0, 0.1) is 0 Å². The normalized spacial score (nSPS) is 17.0. The van der Waals surface area contributed by atoms with E-state index in [0.29, 0.717) is 41.9 Å². The minimum Gasteiger partial charge on any atom is -0.486 e. The number of amides is 1. The van der Waals surface area contributed by atoms with E-state index < -0.39 is 0 Å². The Kier molecular flexibility index (Phi) is 4.57. The number of hydrogen-bond donors (Lipinski definition) is 1. The number of nitrogens with one attached hydrogen (secondary N) is 1. The molecule has 0 saturated carbocycles. The van der Waals surface area contributed by atoms with Gasteiger partial charge in [0.05, 0.1) is 23.6 Å². The van der Waals surface area contributed by atoms with Crippen LogP contribution in [0.4, 0.5) is 11.6 Å². The highest BCUT2D eigenvalue weighted by molar-refractivity contribution is 6.06. The van der Waals surface area contributed by atoms with Gasteiger partial charge in [0.15, 0.2) is 11.5 Å². The standard InChI is InChI=1S/C18H21N5O3/c1-22-5-7-23(8-6-22)18-19-11-13(12-20-18)21-17(24)14-3-2-4-15-16(14)26-10-9-25-15/h2-4,11-12H,5-10H2,1H3,(H,21,24). The topological polar surface area (TPSA) is 79.8 Å². The quantitative estimate of drug-likeness (QED) is 0.888. The summed E-state index contributed by atoms with van der Waals surface area (Å²) in [6, 6.07) is 5.27. The summed E-state index contributed by atoms with van der Waals surface area (Å²) in [5.41, 5.74) is 0.979. The van der Waals surface area contributed by atoms with Gasteiger partial charge >= 0.3 is 0 Å². The lowest BCUT2D eigenvalue weighted by Crippen LogP contribution is -2.45. The van der Waals surface area contributed by atoms with Gasteiger partial charge in [-0.2, -0.15) is 0 Å². The van der Waals surface area contributed by atoms with Crippen LogP contribution in [0.15, 0.2) is 30.6 Å². The van der Waals surface area contributed by atoms with E-state index in [1.165, 1.54) is 0 Å². The molecule has 1 fully saturated rings. The second kappa shape index (κ2) is 7.17. The van der Waals surface area contributed by atoms with Crippen LogP contribution in [-0.4, -0.2) is 67.2 Å². The van der Waals surface area contributed by atoms with E-state index in [0.717, 1.165) is 26.2 Å². The van der Waals surface area contributed by atoms with E-state index in [1.54, 1.807) is 30.6 Å². The smallest absolute Gasteiger partial charge is 0.259 e. The van der Waals surface area contributed by atoms with Gasteiger partial charge in [-0.05, 0) is 19.2 Å². The summed E-state index contributed by atoms with van der Waals surface area (Å²) in [6.45, 7) is 4.69. The third kappa shape index (κ3) is 3.41. The van der Waals surface area contributed by atoms with Gasteiger partial charge in [0.1, 0.15) is 13.2 Å². The monoisotopic (exact) mass is 355 g/mol. The number of nitrogens with zero attached hydrogens (tertiary/aromatic N) is 4. The third-order valence-corrected chi connectivity index (χ3v) is 4.49. The van der Waals surface area contributed by atoms with Crippen LogP contribution >= 0.6 is 0 Å². The number of piperazine rings is 1. The van der Waals surface area contributed by atoms with Crippen molar-refractivity contribution in [3.63, 3.8) is 0 Å². The molecule has 0 unspecified atom stereocenters. The van der Waals surface area contributed by atoms with Crippen LogP contribution < -0.4 is 19.7 Å². The van der Waals surface area contributed by atoms with Crippen molar-refractivity contribution in [3.05, 3.63) is 36.2 Å². The van der Waals surface area contributed by atoms with E-state index >= 15 is 0 Å². The second-order valence-electron chi connectivity index (χ2n) is 6.35. The van der Waals surface area contributed by atoms with Gasteiger partial charge in [-0.1, -0.05) is 6.07 Å². The predicted molar refractivity (Wildman–Crippen MR) is 97.1 cm³/mol. The average Bonchev–Trinajstić information content (AvgIpc) is 2.69. The first-order chi connectivity index (χ1) is 12.7. The van der Waals surface area contributed by atoms with Crippen LogP contribution in [0.2, 0.25) is 0 Å². The molecule has 8 heteroatoms. The number of para-hydroxylation sites is 1. The van der Waals surface area contributed by atoms with E-state index in [2.05, 4.69) is 32.1 Å². The fourth-order valence-corrected chi connectivity index (χ4v) is 3.01. The summed E-state index contributed by atoms with van der Waals surface area (Å²) in [7, 11) is 2.11. The first-order valence-corrected chi connectivity index (χ1v) is 8.66. The van der Waals surface area contributed by atoms with Crippen LogP contribution in [0.1, 0.15) is 10.4 Å². The third-order valence-electron chi connectivity index (χ3n) is 4.49. The molecule has 0 bridgehead atoms. The number of anilines is 2. The lowest BCUT2D eigenvalue weighted by molar-refractivity contribution is 0.101. The van der Waals surface area contributed by atoms with Gasteiger partial charge in [0, 0.05) is 26.2 Å². The second-order valence-corrected chi connectivity index (χ2v) is 6.35. The van der Waals surface area contributed by atoms with Crippen LogP contribution in [0.5, 0.6) is 11.5 Å². The van der Waals surface area contributed by atoms with Gasteiger partial charge in [-0.15, -0.1) is 0 Å². The highest BCUT2D eigenvalue weighted by Crippen LogP contribution is 2.33. The lowest BCUT2D eigenvalue weighted by Gasteiger charge is -2.32. The molecule has 0 atom stereocenters. The van der Waals surface area contributed by atoms with Crippen LogP contribution in [0.3, 0.4) is 0 Å². The van der Waals surface area contributed by atoms with Crippen molar-refractivity contribution in [1.29, 1.82) is 0 Å². The van der Waals surface area contributed by atoms with Crippen molar-refractivity contribution in [2.24, 2.45) is 0 Å². The molecule has 1 N–H and O–H groups in total. The highest BCUT2D eigenvalue weighted by Gasteiger charge is 2.21. The molecule has 0 radical (unpaired) electrons. The lowest BCUT2D eigenvalue weighted by atomic mass is 10.1. The molecule has 26 heavy (non-hydrogen) atoms. The van der Waals surface area contributed by atoms with E-state index in [4.69, 9.17) is 9.47 Å². The van der Waals surface area contributed by atoms with Gasteiger partial charge in [0.2, 0.25) is 5.95 Å². The number of hydrogen-bond acceptors (Lipinski definition) is 7. The average molecular weight is 355 g/mol. The van der Waals surface area contributed by atoms with E-state index in [-0.39, 0.29) is 5.91 Å². The molecule has 136 valence electrons. The van der Waals surface area contributed by atoms with Crippen molar-refractivity contribution < 1.29 is 14.3 Å². The molecule has 2 aliphatic heterocycles. The van der Waals surface area contributed by atoms with Crippen molar-refractivity contribution in [3.8, 4) is 11.5 Å². The molecule has 1 aromatic heterocycles. The molecule has 8 nitrogen and oxygen atoms in total. The first kappa shape index (κ1) is 16.6. The maximum absolute atomic E-state index is 12.6. The summed E-state index contributed by atoms with van der Waals surface area (Å²) < 4.78 is 11.1. The Hall–Kier alpha value is -2.87. The summed E-state index contributed by atoms with van der Waals surface area (Å²) >= 11 is 0. The van der Waals surface area contributed by atoms with Gasteiger partial charge in [0.25, 0.3) is 5.91 Å². The number of ether oxygens (including phenoxy) is 2. The van der Waals surface area contributed by atoms with E-state index in [1.807, 2.05) is 0 Å². The van der Waals surface area contributed by atoms with Crippen LogP contribution in [-0.2, 0) is 0 Å². The van der Waals surface area contributed by atoms with Crippen LogP contribution in [0.25, 0.3) is 0 Å². The maximum Gasteiger partial charge on any atom is 0.259 e. The molecule has 3 heterocycles. The number of rotatable bonds is 3. The van der Waals surface area contributed by atoms with Gasteiger partial charge < -0.3 is 24.6 Å². The Morgan fingerprint density at radius 2 is 1.81 bits per heavy atom. The number of carbonyl (C=O) groups excluding carboxylic acids is 1. The number of benzene rings is 1. The Labute approximate surface area is 151 Å². The fourth-order valence-electron chi connectivity index (χ4n) is 3.01. The molecule has 0 spiro atoms. The minimum atomic E-state index is -0.275. The predicted octanol–water partition coefficient (Wildman–Crippen LogP) is 1.25. The van der Waals surface area contributed by atoms with E-state index in [9.17, 15) is 4.79 Å². The molecule has 1 amide bonds. The zero-order chi connectivity index (χ0) is 17.9. The van der Waals surface area contributed by atoms with Crippen molar-refractivity contribution in [2.75, 3.05) is 56.7 Å². The Morgan fingerprint density at radius 3 is 2.58 bits per heavy atom. The molecule has 2 aromatic rings. The highest BCUT2D eigenvalue weighted by atomic mass is 16.6. The van der Waals surface area contributed by atoms with Gasteiger partial charge in [-0.25, -0.2) is 9.97 Å². The molecule has 2 aliphatic rings. The Balaban J connectivity index is 1.45. The molecule has 1 saturated heterocycles. The van der Waals surface area contributed by atoms with Gasteiger partial charge in [-0.3, -0.25) is 4.79 Å². The molecule has 1 aromatic carbocycles. The van der Waals surface area contributed by atoms with Crippen molar-refractivity contribution in [2.45, 2.75) is 0 Å². The molecule has 4 rings (SSSR count). The molecule has 0 aliphatic carbocycles. The molecular formula is C18H21N5O3. The number of likely N-dealkylation sites (N-methyl/N-ethyl adjacent to an activating group) is 1. The summed E-state index contributed by atoms with van der Waals surface area (Å²) in [5, 5.41) is 2.82. The first-order valence-electron chi connectivity index (χ1n) is 8.66. The summed E-state index contributed by atoms with van der Waals surface area (Å²) in [6.07, 6.45) is 3.26.